The Kier molecular flexibility index (Phi) is 4.44. The van der Waals surface area contributed by atoms with Gasteiger partial charge in [0.25, 0.3) is 0 Å². The van der Waals surface area contributed by atoms with Gasteiger partial charge in [-0.2, -0.15) is 0 Å². The van der Waals surface area contributed by atoms with Crippen LogP contribution < -0.4 is 9.80 Å². The number of hydrogen-bond acceptors (Lipinski definition) is 5. The Morgan fingerprint density at radius 3 is 2.67 bits per heavy atom. The van der Waals surface area contributed by atoms with E-state index in [2.05, 4.69) is 33.8 Å². The zero-order valence-corrected chi connectivity index (χ0v) is 17.1. The van der Waals surface area contributed by atoms with Crippen LogP contribution in [0.2, 0.25) is 5.02 Å². The molecule has 3 heterocycles. The fraction of sp³-hybridized carbons (Fsp3) is 0.429. The molecule has 1 fully saturated rings. The molecule has 3 aromatic rings. The summed E-state index contributed by atoms with van der Waals surface area (Å²) in [5.74, 6) is 1.88. The predicted molar refractivity (Wildman–Crippen MR) is 114 cm³/mol. The SMILES string of the molecule is C[C@@H]1CCc2sc3ncnc(N4CCN(c5ccccc5Cl)CC4)c3c2C1. The molecule has 0 radical (unpaired) electrons. The summed E-state index contributed by atoms with van der Waals surface area (Å²) in [5, 5.41) is 2.14. The lowest BCUT2D eigenvalue weighted by molar-refractivity contribution is 0.508. The molecule has 0 amide bonds. The second kappa shape index (κ2) is 6.95. The zero-order valence-electron chi connectivity index (χ0n) is 15.5. The number of halogens is 1. The summed E-state index contributed by atoms with van der Waals surface area (Å²) in [6, 6.07) is 8.12. The number of fused-ring (bicyclic) bond motifs is 3. The third-order valence-corrected chi connectivity index (χ3v) is 7.36. The van der Waals surface area contributed by atoms with Crippen LogP contribution >= 0.6 is 22.9 Å². The van der Waals surface area contributed by atoms with Gasteiger partial charge in [0.05, 0.1) is 16.1 Å². The minimum atomic E-state index is 0.750. The van der Waals surface area contributed by atoms with E-state index >= 15 is 0 Å². The number of thiophene rings is 1. The highest BCUT2D eigenvalue weighted by Gasteiger charge is 2.27. The summed E-state index contributed by atoms with van der Waals surface area (Å²) in [4.78, 5) is 16.8. The first kappa shape index (κ1) is 17.3. The topological polar surface area (TPSA) is 32.3 Å². The van der Waals surface area contributed by atoms with Gasteiger partial charge in [0.15, 0.2) is 0 Å². The number of anilines is 2. The van der Waals surface area contributed by atoms with Crippen molar-refractivity contribution in [2.75, 3.05) is 36.0 Å². The van der Waals surface area contributed by atoms with E-state index in [1.54, 1.807) is 6.33 Å². The number of hydrogen-bond donors (Lipinski definition) is 0. The number of benzene rings is 1. The molecule has 0 unspecified atom stereocenters. The molecule has 1 aliphatic heterocycles. The Bertz CT molecular complexity index is 977. The van der Waals surface area contributed by atoms with Crippen LogP contribution in [0.25, 0.3) is 10.2 Å². The lowest BCUT2D eigenvalue weighted by Gasteiger charge is -2.37. The van der Waals surface area contributed by atoms with Gasteiger partial charge in [-0.05, 0) is 42.9 Å². The Labute approximate surface area is 168 Å². The highest BCUT2D eigenvalue weighted by Crippen LogP contribution is 2.41. The molecule has 1 aliphatic carbocycles. The minimum Gasteiger partial charge on any atom is -0.367 e. The van der Waals surface area contributed by atoms with Gasteiger partial charge in [0.2, 0.25) is 0 Å². The first-order valence-electron chi connectivity index (χ1n) is 9.70. The average Bonchev–Trinajstić information content (AvgIpc) is 3.06. The van der Waals surface area contributed by atoms with Crippen molar-refractivity contribution in [3.63, 3.8) is 0 Å². The van der Waals surface area contributed by atoms with E-state index in [1.165, 1.54) is 28.7 Å². The largest absolute Gasteiger partial charge is 0.367 e. The Hall–Kier alpha value is -1.85. The molecule has 0 spiro atoms. The van der Waals surface area contributed by atoms with Crippen LogP contribution in [0.5, 0.6) is 0 Å². The third-order valence-electron chi connectivity index (χ3n) is 5.84. The summed E-state index contributed by atoms with van der Waals surface area (Å²) in [6.45, 7) is 6.18. The molecule has 0 N–H and O–H groups in total. The van der Waals surface area contributed by atoms with Gasteiger partial charge in [0, 0.05) is 31.1 Å². The second-order valence-corrected chi connectivity index (χ2v) is 9.15. The fourth-order valence-corrected chi connectivity index (χ4v) is 5.81. The van der Waals surface area contributed by atoms with Crippen molar-refractivity contribution in [3.8, 4) is 0 Å². The maximum Gasteiger partial charge on any atom is 0.141 e. The van der Waals surface area contributed by atoms with Crippen molar-refractivity contribution >= 4 is 44.7 Å². The Morgan fingerprint density at radius 2 is 1.85 bits per heavy atom. The van der Waals surface area contributed by atoms with Crippen LogP contribution in [-0.4, -0.2) is 36.1 Å². The van der Waals surface area contributed by atoms with Crippen LogP contribution in [0.4, 0.5) is 11.5 Å². The van der Waals surface area contributed by atoms with Gasteiger partial charge >= 0.3 is 0 Å². The van der Waals surface area contributed by atoms with Gasteiger partial charge < -0.3 is 9.80 Å². The van der Waals surface area contributed by atoms with Crippen molar-refractivity contribution in [2.45, 2.75) is 26.2 Å². The number of rotatable bonds is 2. The molecule has 1 atom stereocenters. The van der Waals surface area contributed by atoms with E-state index in [0.29, 0.717) is 0 Å². The van der Waals surface area contributed by atoms with Gasteiger partial charge in [-0.25, -0.2) is 9.97 Å². The molecule has 27 heavy (non-hydrogen) atoms. The Morgan fingerprint density at radius 1 is 1.07 bits per heavy atom. The molecule has 0 bridgehead atoms. The summed E-state index contributed by atoms with van der Waals surface area (Å²) < 4.78 is 0. The van der Waals surface area contributed by atoms with Crippen LogP contribution in [0.15, 0.2) is 30.6 Å². The lowest BCUT2D eigenvalue weighted by Crippen LogP contribution is -2.47. The first-order chi connectivity index (χ1) is 13.2. The molecule has 140 valence electrons. The van der Waals surface area contributed by atoms with E-state index in [-0.39, 0.29) is 0 Å². The van der Waals surface area contributed by atoms with Crippen molar-refractivity contribution in [1.29, 1.82) is 0 Å². The third kappa shape index (κ3) is 3.07. The minimum absolute atomic E-state index is 0.750. The maximum absolute atomic E-state index is 6.39. The summed E-state index contributed by atoms with van der Waals surface area (Å²) in [7, 11) is 0. The van der Waals surface area contributed by atoms with Crippen LogP contribution in [-0.2, 0) is 12.8 Å². The van der Waals surface area contributed by atoms with E-state index in [4.69, 9.17) is 16.6 Å². The van der Waals surface area contributed by atoms with Gasteiger partial charge in [-0.3, -0.25) is 0 Å². The van der Waals surface area contributed by atoms with Crippen molar-refractivity contribution < 1.29 is 0 Å². The standard InChI is InChI=1S/C21H23ClN4S/c1-14-6-7-18-15(12-14)19-20(23-13-24-21(19)27-18)26-10-8-25(9-11-26)17-5-3-2-4-16(17)22/h2-5,13-14H,6-12H2,1H3/t14-/m1/s1. The normalized spacial score (nSPS) is 20.1. The van der Waals surface area contributed by atoms with Crippen LogP contribution in [0.3, 0.4) is 0 Å². The molecule has 2 aliphatic rings. The summed E-state index contributed by atoms with van der Waals surface area (Å²) in [5.41, 5.74) is 2.64. The maximum atomic E-state index is 6.39. The molecule has 5 rings (SSSR count). The predicted octanol–water partition coefficient (Wildman–Crippen LogP) is 4.80. The van der Waals surface area contributed by atoms with Gasteiger partial charge in [-0.1, -0.05) is 30.7 Å². The van der Waals surface area contributed by atoms with E-state index < -0.39 is 0 Å². The number of nitrogens with zero attached hydrogens (tertiary/aromatic N) is 4. The summed E-state index contributed by atoms with van der Waals surface area (Å²) in [6.07, 6.45) is 5.38. The van der Waals surface area contributed by atoms with Crippen molar-refractivity contribution in [3.05, 3.63) is 46.1 Å². The first-order valence-corrected chi connectivity index (χ1v) is 10.9. The van der Waals surface area contributed by atoms with E-state index in [0.717, 1.165) is 59.9 Å². The van der Waals surface area contributed by atoms with Gasteiger partial charge in [0.1, 0.15) is 17.0 Å². The van der Waals surface area contributed by atoms with Crippen LogP contribution in [0.1, 0.15) is 23.8 Å². The molecule has 2 aromatic heterocycles. The molecule has 6 heteroatoms. The number of para-hydroxylation sites is 1. The molecule has 1 saturated heterocycles. The van der Waals surface area contributed by atoms with Crippen LogP contribution in [0, 0.1) is 5.92 Å². The molecule has 1 aromatic carbocycles. The van der Waals surface area contributed by atoms with Crippen molar-refractivity contribution in [1.82, 2.24) is 9.97 Å². The average molecular weight is 399 g/mol. The molecular formula is C21H23ClN4S. The second-order valence-electron chi connectivity index (χ2n) is 7.65. The summed E-state index contributed by atoms with van der Waals surface area (Å²) >= 11 is 8.27. The monoisotopic (exact) mass is 398 g/mol. The molecular weight excluding hydrogens is 376 g/mol. The lowest BCUT2D eigenvalue weighted by atomic mass is 9.88. The molecule has 4 nitrogen and oxygen atoms in total. The molecule has 0 saturated carbocycles. The highest BCUT2D eigenvalue weighted by atomic mass is 35.5. The number of aryl methyl sites for hydroxylation is 1. The van der Waals surface area contributed by atoms with Gasteiger partial charge in [-0.15, -0.1) is 11.3 Å². The quantitative estimate of drug-likeness (QED) is 0.620. The number of aromatic nitrogens is 2. The number of piperazine rings is 1. The Balaban J connectivity index is 1.44. The van der Waals surface area contributed by atoms with Crippen molar-refractivity contribution in [2.24, 2.45) is 5.92 Å². The zero-order chi connectivity index (χ0) is 18.4. The highest BCUT2D eigenvalue weighted by molar-refractivity contribution is 7.19. The van der Waals surface area contributed by atoms with E-state index in [9.17, 15) is 0 Å². The van der Waals surface area contributed by atoms with E-state index in [1.807, 2.05) is 23.5 Å². The smallest absolute Gasteiger partial charge is 0.141 e. The fourth-order valence-electron chi connectivity index (χ4n) is 4.37.